The van der Waals surface area contributed by atoms with Gasteiger partial charge < -0.3 is 5.73 Å². The van der Waals surface area contributed by atoms with Gasteiger partial charge in [-0.25, -0.2) is 18.3 Å². The zero-order valence-corrected chi connectivity index (χ0v) is 9.85. The largest absolute Gasteiger partial charge is 0.325 e. The highest BCUT2D eigenvalue weighted by Crippen LogP contribution is 2.22. The van der Waals surface area contributed by atoms with Gasteiger partial charge in [-0.15, -0.1) is 0 Å². The maximum Gasteiger partial charge on any atom is 0.153 e. The van der Waals surface area contributed by atoms with Gasteiger partial charge in [0.1, 0.15) is 11.6 Å². The molecule has 0 saturated heterocycles. The first-order valence-electron chi connectivity index (χ1n) is 5.68. The van der Waals surface area contributed by atoms with Crippen LogP contribution in [0.1, 0.15) is 5.69 Å². The molecule has 0 atom stereocenters. The highest BCUT2D eigenvalue weighted by Gasteiger charge is 2.10. The second-order valence-electron chi connectivity index (χ2n) is 4.07. The Morgan fingerprint density at radius 2 is 2.00 bits per heavy atom. The smallest absolute Gasteiger partial charge is 0.153 e. The lowest BCUT2D eigenvalue weighted by atomic mass is 10.1. The first kappa shape index (κ1) is 11.7. The normalized spacial score (nSPS) is 11.1. The number of hydrogen-bond acceptors (Lipinski definition) is 3. The minimum absolute atomic E-state index is 0.236. The van der Waals surface area contributed by atoms with Crippen molar-refractivity contribution in [2.75, 3.05) is 0 Å². The fourth-order valence-corrected chi connectivity index (χ4v) is 1.90. The van der Waals surface area contributed by atoms with Crippen LogP contribution < -0.4 is 5.73 Å². The van der Waals surface area contributed by atoms with Gasteiger partial charge in [-0.3, -0.25) is 0 Å². The molecule has 0 spiro atoms. The van der Waals surface area contributed by atoms with Crippen molar-refractivity contribution in [3.05, 3.63) is 53.9 Å². The van der Waals surface area contributed by atoms with Crippen LogP contribution >= 0.6 is 0 Å². The van der Waals surface area contributed by atoms with E-state index in [0.29, 0.717) is 11.3 Å². The van der Waals surface area contributed by atoms with E-state index in [0.717, 1.165) is 11.8 Å². The number of nitrogens with two attached hydrogens (primary N) is 1. The fraction of sp³-hybridized carbons (Fsp3) is 0.0769. The van der Waals surface area contributed by atoms with Gasteiger partial charge in [0, 0.05) is 18.2 Å². The van der Waals surface area contributed by atoms with Crippen molar-refractivity contribution in [1.29, 1.82) is 0 Å². The van der Waals surface area contributed by atoms with Gasteiger partial charge in [0.2, 0.25) is 0 Å². The van der Waals surface area contributed by atoms with Crippen LogP contribution in [-0.4, -0.2) is 14.6 Å². The number of imidazole rings is 1. The first-order valence-corrected chi connectivity index (χ1v) is 5.68. The van der Waals surface area contributed by atoms with E-state index in [4.69, 9.17) is 5.73 Å². The summed E-state index contributed by atoms with van der Waals surface area (Å²) in [7, 11) is 0. The monoisotopic (exact) mass is 260 g/mol. The van der Waals surface area contributed by atoms with Crippen molar-refractivity contribution >= 4 is 5.65 Å². The summed E-state index contributed by atoms with van der Waals surface area (Å²) in [5.74, 6) is -1.27. The predicted octanol–water partition coefficient (Wildman–Crippen LogP) is 2.13. The Balaban J connectivity index is 2.19. The van der Waals surface area contributed by atoms with Gasteiger partial charge in [0.25, 0.3) is 0 Å². The minimum atomic E-state index is -0.652. The molecule has 4 nitrogen and oxygen atoms in total. The van der Waals surface area contributed by atoms with Crippen LogP contribution in [0.5, 0.6) is 0 Å². The molecule has 0 aliphatic carbocycles. The number of rotatable bonds is 2. The molecule has 6 heteroatoms. The molecule has 0 bridgehead atoms. The molecule has 2 heterocycles. The molecule has 0 saturated carbocycles. The summed E-state index contributed by atoms with van der Waals surface area (Å²) in [6, 6.07) is 6.74. The summed E-state index contributed by atoms with van der Waals surface area (Å²) in [5, 5.41) is 4.28. The van der Waals surface area contributed by atoms with E-state index >= 15 is 0 Å². The van der Waals surface area contributed by atoms with Gasteiger partial charge >= 0.3 is 0 Å². The average Bonchev–Trinajstić information content (AvgIpc) is 2.80. The highest BCUT2D eigenvalue weighted by molar-refractivity contribution is 5.61. The van der Waals surface area contributed by atoms with Crippen LogP contribution in [0.4, 0.5) is 8.78 Å². The molecular formula is C13H10F2N4. The molecule has 0 unspecified atom stereocenters. The molecule has 3 aromatic rings. The van der Waals surface area contributed by atoms with E-state index in [1.807, 2.05) is 0 Å². The van der Waals surface area contributed by atoms with Crippen molar-refractivity contribution < 1.29 is 8.78 Å². The quantitative estimate of drug-likeness (QED) is 0.768. The van der Waals surface area contributed by atoms with E-state index in [1.165, 1.54) is 12.1 Å². The molecular weight excluding hydrogens is 250 g/mol. The van der Waals surface area contributed by atoms with E-state index in [-0.39, 0.29) is 12.1 Å². The topological polar surface area (TPSA) is 56.2 Å². The molecule has 2 aromatic heterocycles. The van der Waals surface area contributed by atoms with Crippen molar-refractivity contribution in [3.8, 4) is 11.3 Å². The Bertz CT molecular complexity index is 751. The van der Waals surface area contributed by atoms with Crippen LogP contribution in [-0.2, 0) is 6.54 Å². The summed E-state index contributed by atoms with van der Waals surface area (Å²) in [6.45, 7) is 0.281. The number of aromatic nitrogens is 3. The lowest BCUT2D eigenvalue weighted by Gasteiger charge is -2.04. The maximum atomic E-state index is 13.7. The van der Waals surface area contributed by atoms with E-state index < -0.39 is 11.6 Å². The molecule has 1 aromatic carbocycles. The predicted molar refractivity (Wildman–Crippen MR) is 66.2 cm³/mol. The Morgan fingerprint density at radius 3 is 2.74 bits per heavy atom. The summed E-state index contributed by atoms with van der Waals surface area (Å²) in [5.41, 5.74) is 7.56. The number of fused-ring (bicyclic) bond motifs is 1. The summed E-state index contributed by atoms with van der Waals surface area (Å²) in [4.78, 5) is 4.13. The van der Waals surface area contributed by atoms with E-state index in [2.05, 4.69) is 10.1 Å². The van der Waals surface area contributed by atoms with Crippen LogP contribution in [0, 0.1) is 11.6 Å². The molecule has 0 aliphatic rings. The number of nitrogens with zero attached hydrogens (tertiary/aromatic N) is 3. The van der Waals surface area contributed by atoms with E-state index in [1.54, 1.807) is 22.8 Å². The molecule has 0 aliphatic heterocycles. The van der Waals surface area contributed by atoms with Crippen molar-refractivity contribution in [2.24, 2.45) is 5.73 Å². The van der Waals surface area contributed by atoms with Crippen LogP contribution in [0.25, 0.3) is 16.9 Å². The lowest BCUT2D eigenvalue weighted by Crippen LogP contribution is -2.04. The van der Waals surface area contributed by atoms with Gasteiger partial charge in [0.05, 0.1) is 17.6 Å². The summed E-state index contributed by atoms with van der Waals surface area (Å²) in [6.07, 6.45) is 1.62. The lowest BCUT2D eigenvalue weighted by molar-refractivity contribution is 0.585. The van der Waals surface area contributed by atoms with Crippen LogP contribution in [0.3, 0.4) is 0 Å². The molecule has 0 radical (unpaired) electrons. The third-order valence-corrected chi connectivity index (χ3v) is 2.85. The minimum Gasteiger partial charge on any atom is -0.325 e. The number of halogens is 2. The fourth-order valence-electron chi connectivity index (χ4n) is 1.90. The third kappa shape index (κ3) is 1.96. The second kappa shape index (κ2) is 4.40. The SMILES string of the molecule is NCc1cnc2ccc(-c3ccc(F)cc3F)nn12. The highest BCUT2D eigenvalue weighted by atomic mass is 19.1. The molecule has 2 N–H and O–H groups in total. The number of benzene rings is 1. The Labute approximate surface area is 107 Å². The molecule has 96 valence electrons. The van der Waals surface area contributed by atoms with Gasteiger partial charge in [-0.2, -0.15) is 5.10 Å². The average molecular weight is 260 g/mol. The Kier molecular flexibility index (Phi) is 2.72. The molecule has 0 amide bonds. The second-order valence-corrected chi connectivity index (χ2v) is 4.07. The third-order valence-electron chi connectivity index (χ3n) is 2.85. The molecule has 0 fully saturated rings. The summed E-state index contributed by atoms with van der Waals surface area (Å²) >= 11 is 0. The van der Waals surface area contributed by atoms with E-state index in [9.17, 15) is 8.78 Å². The number of hydrogen-bond donors (Lipinski definition) is 1. The Morgan fingerprint density at radius 1 is 1.16 bits per heavy atom. The maximum absolute atomic E-state index is 13.7. The van der Waals surface area contributed by atoms with Crippen molar-refractivity contribution in [2.45, 2.75) is 6.54 Å². The van der Waals surface area contributed by atoms with Crippen LogP contribution in [0.15, 0.2) is 36.5 Å². The van der Waals surface area contributed by atoms with Crippen LogP contribution in [0.2, 0.25) is 0 Å². The molecule has 3 rings (SSSR count). The standard InChI is InChI=1S/C13H10F2N4/c14-8-1-2-10(11(15)5-8)12-3-4-13-17-7-9(6-16)19(13)18-12/h1-5,7H,6,16H2. The zero-order chi connectivity index (χ0) is 13.4. The van der Waals surface area contributed by atoms with Crippen molar-refractivity contribution in [3.63, 3.8) is 0 Å². The Hall–Kier alpha value is -2.34. The zero-order valence-electron chi connectivity index (χ0n) is 9.85. The summed E-state index contributed by atoms with van der Waals surface area (Å²) < 4.78 is 28.2. The molecule has 19 heavy (non-hydrogen) atoms. The van der Waals surface area contributed by atoms with Crippen molar-refractivity contribution in [1.82, 2.24) is 14.6 Å². The first-order chi connectivity index (χ1) is 9.19. The van der Waals surface area contributed by atoms with Gasteiger partial charge in [-0.05, 0) is 24.3 Å². The van der Waals surface area contributed by atoms with Gasteiger partial charge in [0.15, 0.2) is 5.65 Å². The van der Waals surface area contributed by atoms with Gasteiger partial charge in [-0.1, -0.05) is 0 Å².